The van der Waals surface area contributed by atoms with Crippen LogP contribution in [0.2, 0.25) is 10.0 Å². The summed E-state index contributed by atoms with van der Waals surface area (Å²) in [6.07, 6.45) is 4.01. The first-order valence-corrected chi connectivity index (χ1v) is 13.3. The van der Waals surface area contributed by atoms with Gasteiger partial charge in [0.2, 0.25) is 5.91 Å². The number of carboxylic acids is 2. The van der Waals surface area contributed by atoms with Gasteiger partial charge in [0.1, 0.15) is 0 Å². The number of carbonyl (C=O) groups excluding carboxylic acids is 1. The van der Waals surface area contributed by atoms with Crippen LogP contribution in [0.15, 0.2) is 60.7 Å². The lowest BCUT2D eigenvalue weighted by Crippen LogP contribution is -2.58. The Morgan fingerprint density at radius 1 is 0.816 bits per heavy atom. The molecule has 2 saturated heterocycles. The fourth-order valence-corrected chi connectivity index (χ4v) is 5.04. The second kappa shape index (κ2) is 14.9. The zero-order chi connectivity index (χ0) is 27.5. The second-order valence-corrected chi connectivity index (χ2v) is 10.2. The van der Waals surface area contributed by atoms with Gasteiger partial charge in [-0.2, -0.15) is 0 Å². The lowest BCUT2D eigenvalue weighted by atomic mass is 10.1. The molecule has 0 aromatic heterocycles. The molecule has 1 atom stereocenters. The van der Waals surface area contributed by atoms with Crippen molar-refractivity contribution >= 4 is 41.0 Å². The SMILES string of the molecule is O=C(Cc1ccc(Cl)c(Cl)c1)N1CCN(Cc2ccccc2)CC1CN1CCCC1.O=C(O)/C=C\C(=O)O. The number of hydrogen-bond donors (Lipinski definition) is 2. The van der Waals surface area contributed by atoms with Crippen molar-refractivity contribution in [2.75, 3.05) is 39.3 Å². The number of carbonyl (C=O) groups is 3. The highest BCUT2D eigenvalue weighted by Gasteiger charge is 2.32. The zero-order valence-electron chi connectivity index (χ0n) is 21.1. The summed E-state index contributed by atoms with van der Waals surface area (Å²) in [5, 5.41) is 16.6. The van der Waals surface area contributed by atoms with E-state index in [2.05, 4.69) is 45.0 Å². The van der Waals surface area contributed by atoms with Crippen molar-refractivity contribution in [3.8, 4) is 0 Å². The van der Waals surface area contributed by atoms with E-state index in [-0.39, 0.29) is 11.9 Å². The minimum absolute atomic E-state index is 0.178. The molecule has 0 saturated carbocycles. The van der Waals surface area contributed by atoms with E-state index in [0.29, 0.717) is 28.6 Å². The molecule has 2 aromatic carbocycles. The molecule has 2 fully saturated rings. The van der Waals surface area contributed by atoms with Crippen molar-refractivity contribution in [3.05, 3.63) is 81.9 Å². The van der Waals surface area contributed by atoms with Gasteiger partial charge in [-0.1, -0.05) is 59.6 Å². The smallest absolute Gasteiger partial charge is 0.328 e. The molecular formula is C28H33Cl2N3O5. The van der Waals surface area contributed by atoms with Gasteiger partial charge in [-0.05, 0) is 49.2 Å². The van der Waals surface area contributed by atoms with E-state index >= 15 is 0 Å². The van der Waals surface area contributed by atoms with Crippen LogP contribution in [0.1, 0.15) is 24.0 Å². The third kappa shape index (κ3) is 9.76. The van der Waals surface area contributed by atoms with E-state index in [1.807, 2.05) is 12.1 Å². The van der Waals surface area contributed by atoms with Crippen LogP contribution >= 0.6 is 23.2 Å². The summed E-state index contributed by atoms with van der Waals surface area (Å²) in [4.78, 5) is 39.4. The van der Waals surface area contributed by atoms with Crippen molar-refractivity contribution in [1.29, 1.82) is 0 Å². The molecule has 2 N–H and O–H groups in total. The molecule has 2 aromatic rings. The van der Waals surface area contributed by atoms with Gasteiger partial charge in [0.25, 0.3) is 0 Å². The van der Waals surface area contributed by atoms with E-state index in [1.54, 1.807) is 6.07 Å². The molecular weight excluding hydrogens is 529 g/mol. The van der Waals surface area contributed by atoms with Gasteiger partial charge < -0.3 is 20.0 Å². The topological polar surface area (TPSA) is 101 Å². The average Bonchev–Trinajstić information content (AvgIpc) is 3.39. The first kappa shape index (κ1) is 29.6. The summed E-state index contributed by atoms with van der Waals surface area (Å²) in [7, 11) is 0. The predicted octanol–water partition coefficient (Wildman–Crippen LogP) is 4.06. The molecule has 0 spiro atoms. The van der Waals surface area contributed by atoms with Crippen LogP contribution in [-0.2, 0) is 27.3 Å². The molecule has 4 rings (SSSR count). The normalized spacial score (nSPS) is 18.3. The van der Waals surface area contributed by atoms with E-state index in [0.717, 1.165) is 51.4 Å². The van der Waals surface area contributed by atoms with Gasteiger partial charge in [0.15, 0.2) is 0 Å². The van der Waals surface area contributed by atoms with Crippen LogP contribution in [0, 0.1) is 0 Å². The Bertz CT molecular complexity index is 1110. The molecule has 204 valence electrons. The summed E-state index contributed by atoms with van der Waals surface area (Å²) in [5.41, 5.74) is 2.24. The first-order valence-electron chi connectivity index (χ1n) is 12.6. The van der Waals surface area contributed by atoms with E-state index < -0.39 is 11.9 Å². The van der Waals surface area contributed by atoms with E-state index in [4.69, 9.17) is 33.4 Å². The number of aliphatic carboxylic acids is 2. The van der Waals surface area contributed by atoms with Crippen LogP contribution in [0.3, 0.4) is 0 Å². The van der Waals surface area contributed by atoms with Crippen molar-refractivity contribution in [1.82, 2.24) is 14.7 Å². The van der Waals surface area contributed by atoms with Gasteiger partial charge >= 0.3 is 11.9 Å². The molecule has 1 amide bonds. The van der Waals surface area contributed by atoms with Crippen LogP contribution < -0.4 is 0 Å². The number of hydrogen-bond acceptors (Lipinski definition) is 5. The summed E-state index contributed by atoms with van der Waals surface area (Å²) < 4.78 is 0. The monoisotopic (exact) mass is 561 g/mol. The number of carboxylic acid groups (broad SMARTS) is 2. The second-order valence-electron chi connectivity index (χ2n) is 9.40. The lowest BCUT2D eigenvalue weighted by Gasteiger charge is -2.43. The Labute approximate surface area is 233 Å². The number of amides is 1. The zero-order valence-corrected chi connectivity index (χ0v) is 22.7. The highest BCUT2D eigenvalue weighted by molar-refractivity contribution is 6.42. The maximum absolute atomic E-state index is 13.2. The highest BCUT2D eigenvalue weighted by Crippen LogP contribution is 2.24. The molecule has 0 radical (unpaired) electrons. The number of benzene rings is 2. The minimum Gasteiger partial charge on any atom is -0.478 e. The van der Waals surface area contributed by atoms with E-state index in [1.165, 1.54) is 18.4 Å². The molecule has 2 aliphatic heterocycles. The average molecular weight is 562 g/mol. The molecule has 0 aliphatic carbocycles. The number of rotatable bonds is 8. The van der Waals surface area contributed by atoms with Crippen molar-refractivity contribution < 1.29 is 24.6 Å². The predicted molar refractivity (Wildman–Crippen MR) is 147 cm³/mol. The third-order valence-corrected chi connectivity index (χ3v) is 7.25. The lowest BCUT2D eigenvalue weighted by molar-refractivity contribution is -0.136. The third-order valence-electron chi connectivity index (χ3n) is 6.51. The molecule has 38 heavy (non-hydrogen) atoms. The number of halogens is 2. The van der Waals surface area contributed by atoms with Gasteiger partial charge in [-0.15, -0.1) is 0 Å². The van der Waals surface area contributed by atoms with Gasteiger partial charge in [-0.3, -0.25) is 9.69 Å². The molecule has 2 aliphatic rings. The summed E-state index contributed by atoms with van der Waals surface area (Å²) in [6, 6.07) is 16.3. The van der Waals surface area contributed by atoms with Gasteiger partial charge in [0.05, 0.1) is 22.5 Å². The molecule has 10 heteroatoms. The summed E-state index contributed by atoms with van der Waals surface area (Å²) in [6.45, 7) is 6.76. The van der Waals surface area contributed by atoms with Crippen molar-refractivity contribution in [2.45, 2.75) is 31.8 Å². The quantitative estimate of drug-likeness (QED) is 0.468. The van der Waals surface area contributed by atoms with E-state index in [9.17, 15) is 14.4 Å². The Hall–Kier alpha value is -2.91. The summed E-state index contributed by atoms with van der Waals surface area (Å²) in [5.74, 6) is -2.34. The molecule has 0 bridgehead atoms. The van der Waals surface area contributed by atoms with Crippen LogP contribution in [-0.4, -0.2) is 88.1 Å². The largest absolute Gasteiger partial charge is 0.478 e. The fraction of sp³-hybridized carbons (Fsp3) is 0.393. The minimum atomic E-state index is -1.26. The number of piperazine rings is 1. The summed E-state index contributed by atoms with van der Waals surface area (Å²) >= 11 is 12.2. The Kier molecular flexibility index (Phi) is 11.6. The van der Waals surface area contributed by atoms with Crippen molar-refractivity contribution in [3.63, 3.8) is 0 Å². The van der Waals surface area contributed by atoms with Gasteiger partial charge in [0, 0.05) is 44.9 Å². The Morgan fingerprint density at radius 3 is 2.08 bits per heavy atom. The van der Waals surface area contributed by atoms with Crippen LogP contribution in [0.25, 0.3) is 0 Å². The van der Waals surface area contributed by atoms with Gasteiger partial charge in [-0.25, -0.2) is 9.59 Å². The number of likely N-dealkylation sites (tertiary alicyclic amines) is 1. The van der Waals surface area contributed by atoms with Crippen LogP contribution in [0.4, 0.5) is 0 Å². The molecule has 1 unspecified atom stereocenters. The fourth-order valence-electron chi connectivity index (χ4n) is 4.72. The Balaban J connectivity index is 0.000000436. The Morgan fingerprint density at radius 2 is 1.47 bits per heavy atom. The van der Waals surface area contributed by atoms with Crippen LogP contribution in [0.5, 0.6) is 0 Å². The molecule has 2 heterocycles. The first-order chi connectivity index (χ1) is 18.2. The maximum atomic E-state index is 13.2. The molecule has 8 nitrogen and oxygen atoms in total. The number of nitrogens with zero attached hydrogens (tertiary/aromatic N) is 3. The van der Waals surface area contributed by atoms with Crippen molar-refractivity contribution in [2.24, 2.45) is 0 Å². The highest BCUT2D eigenvalue weighted by atomic mass is 35.5. The maximum Gasteiger partial charge on any atom is 0.328 e. The standard InChI is InChI=1S/C24H29Cl2N3O.C4H4O4/c25-22-9-8-20(14-23(22)26)15-24(30)29-13-12-28(16-19-6-2-1-3-7-19)18-21(29)17-27-10-4-5-11-27;5-3(6)1-2-4(7)8/h1-3,6-9,14,21H,4-5,10-13,15-18H2;1-2H,(H,5,6)(H,7,8)/b;2-1-.